The van der Waals surface area contributed by atoms with E-state index in [0.717, 1.165) is 13.1 Å². The highest BCUT2D eigenvalue weighted by Crippen LogP contribution is 2.18. The van der Waals surface area contributed by atoms with E-state index in [1.165, 1.54) is 17.3 Å². The maximum absolute atomic E-state index is 13.7. The summed E-state index contributed by atoms with van der Waals surface area (Å²) in [4.78, 5) is 16.5. The Morgan fingerprint density at radius 1 is 1.00 bits per heavy atom. The summed E-state index contributed by atoms with van der Waals surface area (Å²) in [6, 6.07) is 14.9. The van der Waals surface area contributed by atoms with Gasteiger partial charge in [0.2, 0.25) is 5.91 Å². The fraction of sp³-hybridized carbons (Fsp3) is 0.316. The summed E-state index contributed by atoms with van der Waals surface area (Å²) >= 11 is 0. The van der Waals surface area contributed by atoms with Gasteiger partial charge in [0, 0.05) is 31.9 Å². The van der Waals surface area contributed by atoms with Gasteiger partial charge in [-0.15, -0.1) is 0 Å². The van der Waals surface area contributed by atoms with Crippen LogP contribution in [0.25, 0.3) is 0 Å². The Labute approximate surface area is 136 Å². The molecule has 3 nitrogen and oxygen atoms in total. The molecule has 120 valence electrons. The average Bonchev–Trinajstić information content (AvgIpc) is 2.58. The lowest BCUT2D eigenvalue weighted by atomic mass is 10.1. The minimum absolute atomic E-state index is 0.00124. The van der Waals surface area contributed by atoms with E-state index >= 15 is 0 Å². The Balaban J connectivity index is 1.57. The molecule has 1 heterocycles. The van der Waals surface area contributed by atoms with Gasteiger partial charge >= 0.3 is 0 Å². The SMILES string of the molecule is Cc1ccc(N2CCN(C(=O)Cc3ccccc3F)CC2)cc1. The molecule has 1 amide bonds. The number of nitrogens with zero attached hydrogens (tertiary/aromatic N) is 2. The molecule has 2 aromatic carbocycles. The van der Waals surface area contributed by atoms with Crippen molar-refractivity contribution in [3.05, 3.63) is 65.5 Å². The van der Waals surface area contributed by atoms with E-state index in [9.17, 15) is 9.18 Å². The summed E-state index contributed by atoms with van der Waals surface area (Å²) in [6.45, 7) is 5.06. The zero-order chi connectivity index (χ0) is 16.2. The first-order valence-electron chi connectivity index (χ1n) is 7.96. The van der Waals surface area contributed by atoms with Gasteiger partial charge in [-0.2, -0.15) is 0 Å². The van der Waals surface area contributed by atoms with Gasteiger partial charge in [-0.3, -0.25) is 4.79 Å². The van der Waals surface area contributed by atoms with E-state index in [-0.39, 0.29) is 18.1 Å². The predicted octanol–water partition coefficient (Wildman–Crippen LogP) is 3.03. The number of anilines is 1. The molecule has 0 aromatic heterocycles. The van der Waals surface area contributed by atoms with Gasteiger partial charge < -0.3 is 9.80 Å². The van der Waals surface area contributed by atoms with Gasteiger partial charge in [-0.1, -0.05) is 35.9 Å². The number of carbonyl (C=O) groups is 1. The van der Waals surface area contributed by atoms with Crippen molar-refractivity contribution in [2.75, 3.05) is 31.1 Å². The van der Waals surface area contributed by atoms with E-state index in [2.05, 4.69) is 36.1 Å². The summed E-state index contributed by atoms with van der Waals surface area (Å²) in [5.74, 6) is -0.308. The third kappa shape index (κ3) is 3.70. The van der Waals surface area contributed by atoms with Crippen molar-refractivity contribution in [3.63, 3.8) is 0 Å². The van der Waals surface area contributed by atoms with E-state index in [1.54, 1.807) is 18.2 Å². The topological polar surface area (TPSA) is 23.6 Å². The monoisotopic (exact) mass is 312 g/mol. The maximum atomic E-state index is 13.7. The van der Waals surface area contributed by atoms with Crippen LogP contribution in [0.2, 0.25) is 0 Å². The molecule has 4 heteroatoms. The van der Waals surface area contributed by atoms with Crippen molar-refractivity contribution in [1.82, 2.24) is 4.90 Å². The quantitative estimate of drug-likeness (QED) is 0.870. The van der Waals surface area contributed by atoms with E-state index < -0.39 is 0 Å². The number of halogens is 1. The number of hydrogen-bond donors (Lipinski definition) is 0. The predicted molar refractivity (Wildman–Crippen MR) is 90.1 cm³/mol. The third-order valence-electron chi connectivity index (χ3n) is 4.33. The first-order chi connectivity index (χ1) is 11.1. The Hall–Kier alpha value is -2.36. The van der Waals surface area contributed by atoms with Gasteiger partial charge in [0.15, 0.2) is 0 Å². The molecule has 1 aliphatic rings. The molecule has 0 unspecified atom stereocenters. The van der Waals surface area contributed by atoms with Crippen molar-refractivity contribution in [2.45, 2.75) is 13.3 Å². The van der Waals surface area contributed by atoms with Gasteiger partial charge in [0.25, 0.3) is 0 Å². The molecule has 1 fully saturated rings. The van der Waals surface area contributed by atoms with Crippen LogP contribution in [0.15, 0.2) is 48.5 Å². The van der Waals surface area contributed by atoms with Crippen LogP contribution in [0.1, 0.15) is 11.1 Å². The fourth-order valence-electron chi connectivity index (χ4n) is 2.89. The number of amides is 1. The van der Waals surface area contributed by atoms with Crippen molar-refractivity contribution in [2.24, 2.45) is 0 Å². The summed E-state index contributed by atoms with van der Waals surface area (Å²) in [6.07, 6.45) is 0.136. The van der Waals surface area contributed by atoms with Crippen LogP contribution in [-0.2, 0) is 11.2 Å². The van der Waals surface area contributed by atoms with Crippen LogP contribution in [0.3, 0.4) is 0 Å². The normalized spacial score (nSPS) is 14.9. The van der Waals surface area contributed by atoms with Crippen LogP contribution in [0.4, 0.5) is 10.1 Å². The summed E-state index contributed by atoms with van der Waals surface area (Å²) < 4.78 is 13.7. The first kappa shape index (κ1) is 15.5. The molecule has 1 aliphatic heterocycles. The lowest BCUT2D eigenvalue weighted by Crippen LogP contribution is -2.49. The van der Waals surface area contributed by atoms with E-state index in [1.807, 2.05) is 4.90 Å². The van der Waals surface area contributed by atoms with Crippen LogP contribution in [0, 0.1) is 12.7 Å². The van der Waals surface area contributed by atoms with Crippen LogP contribution < -0.4 is 4.90 Å². The molecule has 0 spiro atoms. The molecule has 3 rings (SSSR count). The second kappa shape index (κ2) is 6.82. The highest BCUT2D eigenvalue weighted by Gasteiger charge is 2.22. The largest absolute Gasteiger partial charge is 0.368 e. The molecule has 1 saturated heterocycles. The maximum Gasteiger partial charge on any atom is 0.227 e. The number of benzene rings is 2. The molecular formula is C19H21FN2O. The lowest BCUT2D eigenvalue weighted by molar-refractivity contribution is -0.130. The zero-order valence-corrected chi connectivity index (χ0v) is 13.3. The first-order valence-corrected chi connectivity index (χ1v) is 7.96. The molecule has 0 saturated carbocycles. The number of piperazine rings is 1. The third-order valence-corrected chi connectivity index (χ3v) is 4.33. The van der Waals surface area contributed by atoms with E-state index in [4.69, 9.17) is 0 Å². The molecule has 0 radical (unpaired) electrons. The van der Waals surface area contributed by atoms with Crippen molar-refractivity contribution >= 4 is 11.6 Å². The van der Waals surface area contributed by atoms with Crippen molar-refractivity contribution < 1.29 is 9.18 Å². The van der Waals surface area contributed by atoms with Gasteiger partial charge in [-0.05, 0) is 30.7 Å². The van der Waals surface area contributed by atoms with E-state index in [0.29, 0.717) is 18.7 Å². The standard InChI is InChI=1S/C19H21FN2O/c1-15-6-8-17(9-7-15)21-10-12-22(13-11-21)19(23)14-16-4-2-3-5-18(16)20/h2-9H,10-14H2,1H3. The molecule has 23 heavy (non-hydrogen) atoms. The second-order valence-corrected chi connectivity index (χ2v) is 5.97. The molecule has 0 bridgehead atoms. The molecule has 2 aromatic rings. The Bertz CT molecular complexity index is 676. The van der Waals surface area contributed by atoms with Crippen molar-refractivity contribution in [1.29, 1.82) is 0 Å². The molecular weight excluding hydrogens is 291 g/mol. The Morgan fingerprint density at radius 2 is 1.65 bits per heavy atom. The Morgan fingerprint density at radius 3 is 2.30 bits per heavy atom. The van der Waals surface area contributed by atoms with Crippen LogP contribution >= 0.6 is 0 Å². The molecule has 0 aliphatic carbocycles. The van der Waals surface area contributed by atoms with Crippen LogP contribution in [-0.4, -0.2) is 37.0 Å². The number of hydrogen-bond acceptors (Lipinski definition) is 2. The lowest BCUT2D eigenvalue weighted by Gasteiger charge is -2.36. The van der Waals surface area contributed by atoms with Gasteiger partial charge in [0.05, 0.1) is 6.42 Å². The number of rotatable bonds is 3. The number of aryl methyl sites for hydroxylation is 1. The number of carbonyl (C=O) groups excluding carboxylic acids is 1. The van der Waals surface area contributed by atoms with Crippen molar-refractivity contribution in [3.8, 4) is 0 Å². The summed E-state index contributed by atoms with van der Waals surface area (Å²) in [7, 11) is 0. The fourth-order valence-corrected chi connectivity index (χ4v) is 2.89. The van der Waals surface area contributed by atoms with Gasteiger partial charge in [-0.25, -0.2) is 4.39 Å². The Kier molecular flexibility index (Phi) is 4.60. The highest BCUT2D eigenvalue weighted by molar-refractivity contribution is 5.79. The second-order valence-electron chi connectivity index (χ2n) is 5.97. The van der Waals surface area contributed by atoms with Gasteiger partial charge in [0.1, 0.15) is 5.82 Å². The summed E-state index contributed by atoms with van der Waals surface area (Å²) in [5.41, 5.74) is 2.91. The minimum Gasteiger partial charge on any atom is -0.368 e. The minimum atomic E-state index is -0.306. The molecule has 0 atom stereocenters. The average molecular weight is 312 g/mol. The summed E-state index contributed by atoms with van der Waals surface area (Å²) in [5, 5.41) is 0. The highest BCUT2D eigenvalue weighted by atomic mass is 19.1. The molecule has 0 N–H and O–H groups in total. The smallest absolute Gasteiger partial charge is 0.227 e. The zero-order valence-electron chi connectivity index (χ0n) is 13.3. The van der Waals surface area contributed by atoms with Crippen LogP contribution in [0.5, 0.6) is 0 Å².